The normalized spacial score (nSPS) is 11.5. The number of hydrogen-bond donors (Lipinski definition) is 2. The fourth-order valence-electron chi connectivity index (χ4n) is 5.44. The lowest BCUT2D eigenvalue weighted by Gasteiger charge is -2.18. The van der Waals surface area contributed by atoms with Gasteiger partial charge in [0.1, 0.15) is 11.6 Å². The van der Waals surface area contributed by atoms with Crippen LogP contribution in [-0.4, -0.2) is 39.7 Å². The van der Waals surface area contributed by atoms with E-state index < -0.39 is 17.6 Å². The molecule has 0 bridgehead atoms. The number of hydrogen-bond acceptors (Lipinski definition) is 8. The molecule has 2 N–H and O–H groups in total. The summed E-state index contributed by atoms with van der Waals surface area (Å²) in [7, 11) is 0. The molecule has 0 atom stereocenters. The molecule has 0 aliphatic carbocycles. The predicted molar refractivity (Wildman–Crippen MR) is 177 cm³/mol. The van der Waals surface area contributed by atoms with Gasteiger partial charge in [-0.3, -0.25) is 0 Å². The van der Waals surface area contributed by atoms with Crippen LogP contribution in [0.5, 0.6) is 11.8 Å². The lowest BCUT2D eigenvalue weighted by molar-refractivity contribution is 0.420. The maximum atomic E-state index is 14.5. The molecule has 0 fully saturated rings. The second-order valence-electron chi connectivity index (χ2n) is 10.4. The first-order valence-corrected chi connectivity index (χ1v) is 16.5. The molecule has 3 aromatic carbocycles. The van der Waals surface area contributed by atoms with E-state index in [0.717, 1.165) is 10.0 Å². The number of rotatable bonds is 7. The van der Waals surface area contributed by atoms with Crippen LogP contribution < -0.4 is 0 Å². The standard InChI is InChI=1S/C33H23BrF2N6O2S2/c1-17-27(30(43)41(39-17)32-37-25(15-45-32)21-7-3-5-9-23(21)35)29(19-11-13-20(34)14-12-19)28-18(2)40-42(31(28)44)33-38-26(16-46-33)22-8-4-6-10-24(22)36/h3-16,29,43-44H,1-2H3. The molecule has 0 radical (unpaired) electrons. The molecule has 0 unspecified atom stereocenters. The Bertz CT molecular complexity index is 2090. The summed E-state index contributed by atoms with van der Waals surface area (Å²) < 4.78 is 32.5. The van der Waals surface area contributed by atoms with Gasteiger partial charge in [-0.25, -0.2) is 18.7 Å². The van der Waals surface area contributed by atoms with Crippen molar-refractivity contribution in [2.45, 2.75) is 19.8 Å². The SMILES string of the molecule is Cc1nn(-c2nc(-c3ccccc3F)cs2)c(O)c1C(c1ccc(Br)cc1)c1c(C)nn(-c2nc(-c3ccccc3F)cs2)c1O. The lowest BCUT2D eigenvalue weighted by atomic mass is 9.85. The highest BCUT2D eigenvalue weighted by molar-refractivity contribution is 9.10. The molecular formula is C33H23BrF2N6O2S2. The van der Waals surface area contributed by atoms with Gasteiger partial charge in [0.25, 0.3) is 0 Å². The highest BCUT2D eigenvalue weighted by Crippen LogP contribution is 2.45. The van der Waals surface area contributed by atoms with Crippen LogP contribution in [0.2, 0.25) is 0 Å². The van der Waals surface area contributed by atoms with Crippen LogP contribution in [0.25, 0.3) is 32.8 Å². The van der Waals surface area contributed by atoms with E-state index in [2.05, 4.69) is 36.1 Å². The summed E-state index contributed by atoms with van der Waals surface area (Å²) in [6.45, 7) is 3.53. The van der Waals surface area contributed by atoms with Crippen LogP contribution in [0, 0.1) is 25.5 Å². The Morgan fingerprint density at radius 3 is 1.54 bits per heavy atom. The van der Waals surface area contributed by atoms with Gasteiger partial charge in [0.05, 0.1) is 22.8 Å². The largest absolute Gasteiger partial charge is 0.493 e. The number of nitrogens with zero attached hydrogens (tertiary/aromatic N) is 6. The maximum Gasteiger partial charge on any atom is 0.220 e. The van der Waals surface area contributed by atoms with E-state index in [9.17, 15) is 19.0 Å². The third kappa shape index (κ3) is 5.19. The molecule has 7 rings (SSSR count). The number of halogens is 3. The summed E-state index contributed by atoms with van der Waals surface area (Å²) in [6, 6.07) is 20.2. The first-order valence-electron chi connectivity index (χ1n) is 13.9. The Labute approximate surface area is 278 Å². The molecule has 0 spiro atoms. The molecule has 230 valence electrons. The van der Waals surface area contributed by atoms with E-state index in [-0.39, 0.29) is 11.8 Å². The van der Waals surface area contributed by atoms with Crippen LogP contribution in [0.15, 0.2) is 88.0 Å². The molecule has 0 saturated heterocycles. The van der Waals surface area contributed by atoms with Crippen molar-refractivity contribution < 1.29 is 19.0 Å². The van der Waals surface area contributed by atoms with Crippen molar-refractivity contribution in [2.24, 2.45) is 0 Å². The smallest absolute Gasteiger partial charge is 0.220 e. The second-order valence-corrected chi connectivity index (χ2v) is 13.0. The van der Waals surface area contributed by atoms with E-state index >= 15 is 0 Å². The van der Waals surface area contributed by atoms with Gasteiger partial charge in [0, 0.05) is 43.4 Å². The number of aryl methyl sites for hydroxylation is 2. The van der Waals surface area contributed by atoms with Crippen LogP contribution in [0.4, 0.5) is 8.78 Å². The van der Waals surface area contributed by atoms with Crippen molar-refractivity contribution >= 4 is 38.6 Å². The fraction of sp³-hybridized carbons (Fsp3) is 0.0909. The minimum absolute atomic E-state index is 0.178. The van der Waals surface area contributed by atoms with E-state index in [1.807, 2.05) is 24.3 Å². The lowest BCUT2D eigenvalue weighted by Crippen LogP contribution is -2.06. The third-order valence-corrected chi connectivity index (χ3v) is 9.75. The van der Waals surface area contributed by atoms with Gasteiger partial charge in [0.2, 0.25) is 22.0 Å². The molecule has 4 heterocycles. The van der Waals surface area contributed by atoms with Gasteiger partial charge < -0.3 is 10.2 Å². The van der Waals surface area contributed by atoms with Gasteiger partial charge in [-0.1, -0.05) is 52.3 Å². The molecule has 8 nitrogen and oxygen atoms in total. The van der Waals surface area contributed by atoms with E-state index in [4.69, 9.17) is 0 Å². The Morgan fingerprint density at radius 2 is 1.11 bits per heavy atom. The molecule has 0 aliphatic rings. The van der Waals surface area contributed by atoms with Crippen molar-refractivity contribution in [1.29, 1.82) is 0 Å². The van der Waals surface area contributed by atoms with Gasteiger partial charge in [-0.2, -0.15) is 19.6 Å². The quantitative estimate of drug-likeness (QED) is 0.171. The zero-order valence-corrected chi connectivity index (χ0v) is 27.4. The topological polar surface area (TPSA) is 102 Å². The number of aromatic hydroxyl groups is 2. The summed E-state index contributed by atoms with van der Waals surface area (Å²) in [5.74, 6) is -1.86. The van der Waals surface area contributed by atoms with E-state index in [0.29, 0.717) is 55.3 Å². The average Bonchev–Trinajstić information content (AvgIpc) is 3.83. The second kappa shape index (κ2) is 11.9. The third-order valence-electron chi connectivity index (χ3n) is 7.59. The van der Waals surface area contributed by atoms with Crippen LogP contribution in [0.1, 0.15) is 34.0 Å². The van der Waals surface area contributed by atoms with Crippen molar-refractivity contribution in [3.05, 3.63) is 128 Å². The molecular weight excluding hydrogens is 694 g/mol. The number of thiazole rings is 2. The summed E-state index contributed by atoms with van der Waals surface area (Å²) in [5, 5.41) is 36.8. The monoisotopic (exact) mass is 716 g/mol. The zero-order valence-electron chi connectivity index (χ0n) is 24.2. The van der Waals surface area contributed by atoms with Crippen LogP contribution in [-0.2, 0) is 0 Å². The van der Waals surface area contributed by atoms with Crippen molar-refractivity contribution in [3.63, 3.8) is 0 Å². The van der Waals surface area contributed by atoms with Gasteiger partial charge >= 0.3 is 0 Å². The van der Waals surface area contributed by atoms with Gasteiger partial charge in [-0.15, -0.1) is 22.7 Å². The predicted octanol–water partition coefficient (Wildman–Crippen LogP) is 8.55. The van der Waals surface area contributed by atoms with Gasteiger partial charge in [0.15, 0.2) is 0 Å². The van der Waals surface area contributed by atoms with E-state index in [1.165, 1.54) is 44.2 Å². The minimum Gasteiger partial charge on any atom is -0.493 e. The molecule has 0 amide bonds. The maximum absolute atomic E-state index is 14.5. The molecule has 13 heteroatoms. The summed E-state index contributed by atoms with van der Waals surface area (Å²) in [5.41, 5.74) is 4.16. The summed E-state index contributed by atoms with van der Waals surface area (Å²) in [4.78, 5) is 9.14. The van der Waals surface area contributed by atoms with Crippen LogP contribution in [0.3, 0.4) is 0 Å². The first-order chi connectivity index (χ1) is 22.2. The average molecular weight is 718 g/mol. The molecule has 0 aliphatic heterocycles. The first kappa shape index (κ1) is 30.0. The van der Waals surface area contributed by atoms with Crippen molar-refractivity contribution in [1.82, 2.24) is 29.5 Å². The van der Waals surface area contributed by atoms with Crippen molar-refractivity contribution in [3.8, 4) is 44.5 Å². The molecule has 0 saturated carbocycles. The molecule has 7 aromatic rings. The Kier molecular flexibility index (Phi) is 7.75. The van der Waals surface area contributed by atoms with Gasteiger partial charge in [-0.05, 0) is 55.8 Å². The Morgan fingerprint density at radius 1 is 0.674 bits per heavy atom. The Hall–Kier alpha value is -4.72. The molecule has 46 heavy (non-hydrogen) atoms. The number of benzene rings is 3. The minimum atomic E-state index is -0.701. The van der Waals surface area contributed by atoms with Crippen molar-refractivity contribution in [2.75, 3.05) is 0 Å². The summed E-state index contributed by atoms with van der Waals surface area (Å²) >= 11 is 5.92. The molecule has 4 aromatic heterocycles. The number of aromatic nitrogens is 6. The van der Waals surface area contributed by atoms with Crippen LogP contribution >= 0.6 is 38.6 Å². The van der Waals surface area contributed by atoms with E-state index in [1.54, 1.807) is 61.0 Å². The zero-order chi connectivity index (χ0) is 32.1. The highest BCUT2D eigenvalue weighted by Gasteiger charge is 2.34. The highest BCUT2D eigenvalue weighted by atomic mass is 79.9. The fourth-order valence-corrected chi connectivity index (χ4v) is 7.25. The summed E-state index contributed by atoms with van der Waals surface area (Å²) in [6.07, 6.45) is 0. The Balaban J connectivity index is 1.35.